The minimum Gasteiger partial charge on any atom is -0.276 e. The summed E-state index contributed by atoms with van der Waals surface area (Å²) < 4.78 is 0. The molecule has 2 heterocycles. The summed E-state index contributed by atoms with van der Waals surface area (Å²) in [6.07, 6.45) is 2.99. The monoisotopic (exact) mass is 191 g/mol. The van der Waals surface area contributed by atoms with Crippen LogP contribution < -0.4 is 0 Å². The van der Waals surface area contributed by atoms with E-state index in [0.29, 0.717) is 5.69 Å². The molecule has 13 heavy (non-hydrogen) atoms. The van der Waals surface area contributed by atoms with E-state index in [1.807, 2.05) is 16.8 Å². The largest absolute Gasteiger partial charge is 0.276 e. The molecule has 0 aliphatic heterocycles. The third kappa shape index (κ3) is 1.42. The van der Waals surface area contributed by atoms with Crippen molar-refractivity contribution in [3.8, 4) is 11.3 Å². The third-order valence-corrected chi connectivity index (χ3v) is 2.28. The van der Waals surface area contributed by atoms with Crippen LogP contribution in [-0.2, 0) is 4.79 Å². The Morgan fingerprint density at radius 1 is 1.62 bits per heavy atom. The SMILES string of the molecule is O=C=Nc1cn[nH]c1-c1ccsc1. The van der Waals surface area contributed by atoms with Crippen LogP contribution in [0.15, 0.2) is 28.0 Å². The molecule has 5 heteroatoms. The van der Waals surface area contributed by atoms with Crippen LogP contribution in [-0.4, -0.2) is 16.3 Å². The number of rotatable bonds is 2. The minimum absolute atomic E-state index is 0.522. The maximum Gasteiger partial charge on any atom is 0.240 e. The van der Waals surface area contributed by atoms with Crippen LogP contribution in [0.3, 0.4) is 0 Å². The van der Waals surface area contributed by atoms with Gasteiger partial charge in [-0.05, 0) is 11.4 Å². The van der Waals surface area contributed by atoms with Gasteiger partial charge in [0.15, 0.2) is 0 Å². The van der Waals surface area contributed by atoms with E-state index in [-0.39, 0.29) is 0 Å². The predicted molar refractivity (Wildman–Crippen MR) is 49.7 cm³/mol. The maximum atomic E-state index is 10.1. The molecule has 0 aliphatic rings. The number of aromatic nitrogens is 2. The van der Waals surface area contributed by atoms with Crippen molar-refractivity contribution >= 4 is 23.1 Å². The zero-order valence-electron chi connectivity index (χ0n) is 6.52. The van der Waals surface area contributed by atoms with Crippen molar-refractivity contribution in [3.05, 3.63) is 23.0 Å². The first-order valence-electron chi connectivity index (χ1n) is 3.55. The number of H-pyrrole nitrogens is 1. The van der Waals surface area contributed by atoms with Crippen LogP contribution in [0.4, 0.5) is 5.69 Å². The van der Waals surface area contributed by atoms with Crippen molar-refractivity contribution in [1.82, 2.24) is 10.2 Å². The van der Waals surface area contributed by atoms with Gasteiger partial charge in [-0.25, -0.2) is 4.79 Å². The van der Waals surface area contributed by atoms with Crippen molar-refractivity contribution in [2.24, 2.45) is 4.99 Å². The normalized spacial score (nSPS) is 9.54. The molecule has 2 rings (SSSR count). The maximum absolute atomic E-state index is 10.1. The smallest absolute Gasteiger partial charge is 0.240 e. The molecule has 2 aromatic rings. The lowest BCUT2D eigenvalue weighted by atomic mass is 10.2. The second-order valence-corrected chi connectivity index (χ2v) is 3.13. The molecule has 0 saturated heterocycles. The van der Waals surface area contributed by atoms with E-state index in [2.05, 4.69) is 15.2 Å². The number of aliphatic imine (C=N–C) groups is 1. The first kappa shape index (κ1) is 7.91. The summed E-state index contributed by atoms with van der Waals surface area (Å²) in [6, 6.07) is 1.93. The summed E-state index contributed by atoms with van der Waals surface area (Å²) in [7, 11) is 0. The third-order valence-electron chi connectivity index (χ3n) is 1.60. The molecule has 0 radical (unpaired) electrons. The number of carbonyl (C=O) groups excluding carboxylic acids is 1. The summed E-state index contributed by atoms with van der Waals surface area (Å²) in [5, 5.41) is 10.5. The molecule has 1 N–H and O–H groups in total. The van der Waals surface area contributed by atoms with Crippen LogP contribution in [0.5, 0.6) is 0 Å². The average molecular weight is 191 g/mol. The van der Waals surface area contributed by atoms with E-state index < -0.39 is 0 Å². The van der Waals surface area contributed by atoms with Crippen LogP contribution in [0, 0.1) is 0 Å². The molecule has 0 aliphatic carbocycles. The Kier molecular flexibility index (Phi) is 2.04. The van der Waals surface area contributed by atoms with E-state index in [1.54, 1.807) is 11.3 Å². The summed E-state index contributed by atoms with van der Waals surface area (Å²) in [4.78, 5) is 13.6. The summed E-state index contributed by atoms with van der Waals surface area (Å²) in [5.41, 5.74) is 2.26. The molecular formula is C8H5N3OS. The number of hydrogen-bond acceptors (Lipinski definition) is 4. The van der Waals surface area contributed by atoms with Crippen molar-refractivity contribution in [2.45, 2.75) is 0 Å². The van der Waals surface area contributed by atoms with Crippen molar-refractivity contribution in [2.75, 3.05) is 0 Å². The highest BCUT2D eigenvalue weighted by molar-refractivity contribution is 7.08. The van der Waals surface area contributed by atoms with Crippen LogP contribution >= 0.6 is 11.3 Å². The Balaban J connectivity index is 2.52. The first-order valence-corrected chi connectivity index (χ1v) is 4.50. The van der Waals surface area contributed by atoms with Gasteiger partial charge >= 0.3 is 0 Å². The molecule has 0 spiro atoms. The minimum atomic E-state index is 0.522. The lowest BCUT2D eigenvalue weighted by Gasteiger charge is -1.90. The Morgan fingerprint density at radius 3 is 3.23 bits per heavy atom. The first-order chi connectivity index (χ1) is 6.42. The highest BCUT2D eigenvalue weighted by Crippen LogP contribution is 2.28. The van der Waals surface area contributed by atoms with Gasteiger partial charge in [0.25, 0.3) is 0 Å². The summed E-state index contributed by atoms with van der Waals surface area (Å²) in [6.45, 7) is 0. The number of hydrogen-bond donors (Lipinski definition) is 1. The Morgan fingerprint density at radius 2 is 2.54 bits per heavy atom. The van der Waals surface area contributed by atoms with Crippen LogP contribution in [0.25, 0.3) is 11.3 Å². The van der Waals surface area contributed by atoms with Gasteiger partial charge < -0.3 is 0 Å². The van der Waals surface area contributed by atoms with Crippen molar-refractivity contribution < 1.29 is 4.79 Å². The molecule has 0 unspecified atom stereocenters. The molecule has 0 atom stereocenters. The fraction of sp³-hybridized carbons (Fsp3) is 0. The molecule has 2 aromatic heterocycles. The number of nitrogens with zero attached hydrogens (tertiary/aromatic N) is 2. The summed E-state index contributed by atoms with van der Waals surface area (Å²) in [5.74, 6) is 0. The van der Waals surface area contributed by atoms with E-state index in [0.717, 1.165) is 11.3 Å². The molecule has 0 bridgehead atoms. The standard InChI is InChI=1S/C8H5N3OS/c12-5-9-7-3-10-11-8(7)6-1-2-13-4-6/h1-4H,(H,10,11). The van der Waals surface area contributed by atoms with Gasteiger partial charge in [-0.15, -0.1) is 0 Å². The summed E-state index contributed by atoms with van der Waals surface area (Å²) >= 11 is 1.58. The van der Waals surface area contributed by atoms with Gasteiger partial charge in [-0.1, -0.05) is 0 Å². The van der Waals surface area contributed by atoms with Gasteiger partial charge in [0, 0.05) is 10.9 Å². The number of aromatic amines is 1. The fourth-order valence-electron chi connectivity index (χ4n) is 1.03. The van der Waals surface area contributed by atoms with Gasteiger partial charge in [-0.3, -0.25) is 5.10 Å². The highest BCUT2D eigenvalue weighted by Gasteiger charge is 2.06. The molecule has 0 amide bonds. The van der Waals surface area contributed by atoms with Crippen molar-refractivity contribution in [1.29, 1.82) is 0 Å². The fourth-order valence-corrected chi connectivity index (χ4v) is 1.68. The van der Waals surface area contributed by atoms with E-state index in [1.165, 1.54) is 12.3 Å². The Hall–Kier alpha value is -1.71. The number of thiophene rings is 1. The zero-order valence-corrected chi connectivity index (χ0v) is 7.34. The highest BCUT2D eigenvalue weighted by atomic mass is 32.1. The lowest BCUT2D eigenvalue weighted by Crippen LogP contribution is -1.73. The van der Waals surface area contributed by atoms with Crippen LogP contribution in [0.1, 0.15) is 0 Å². The molecule has 0 fully saturated rings. The van der Waals surface area contributed by atoms with Gasteiger partial charge in [0.05, 0.1) is 11.9 Å². The quantitative estimate of drug-likeness (QED) is 0.583. The van der Waals surface area contributed by atoms with Gasteiger partial charge in [0.1, 0.15) is 5.69 Å². The molecule has 0 aromatic carbocycles. The molecule has 64 valence electrons. The average Bonchev–Trinajstić information content (AvgIpc) is 2.71. The second-order valence-electron chi connectivity index (χ2n) is 2.35. The molecule has 0 saturated carbocycles. The molecular weight excluding hydrogens is 186 g/mol. The van der Waals surface area contributed by atoms with Crippen LogP contribution in [0.2, 0.25) is 0 Å². The van der Waals surface area contributed by atoms with E-state index in [4.69, 9.17) is 0 Å². The Labute approximate surface area is 77.9 Å². The second kappa shape index (κ2) is 3.35. The van der Waals surface area contributed by atoms with E-state index in [9.17, 15) is 4.79 Å². The lowest BCUT2D eigenvalue weighted by molar-refractivity contribution is 0.565. The number of isocyanates is 1. The predicted octanol–water partition coefficient (Wildman–Crippen LogP) is 2.11. The molecule has 4 nitrogen and oxygen atoms in total. The van der Waals surface area contributed by atoms with E-state index >= 15 is 0 Å². The van der Waals surface area contributed by atoms with Gasteiger partial charge in [-0.2, -0.15) is 21.4 Å². The van der Waals surface area contributed by atoms with Crippen molar-refractivity contribution in [3.63, 3.8) is 0 Å². The zero-order chi connectivity index (χ0) is 9.10. The Bertz CT molecular complexity index is 440. The van der Waals surface area contributed by atoms with Gasteiger partial charge in [0.2, 0.25) is 6.08 Å². The topological polar surface area (TPSA) is 58.1 Å². The number of nitrogens with one attached hydrogen (secondary N) is 1.